The maximum Gasteiger partial charge on any atom is 0.291 e. The summed E-state index contributed by atoms with van der Waals surface area (Å²) < 4.78 is 6.63. The van der Waals surface area contributed by atoms with Gasteiger partial charge in [-0.15, -0.1) is 0 Å². The van der Waals surface area contributed by atoms with Crippen LogP contribution in [0.3, 0.4) is 0 Å². The van der Waals surface area contributed by atoms with E-state index in [1.54, 1.807) is 23.4 Å². The molecule has 3 heterocycles. The summed E-state index contributed by atoms with van der Waals surface area (Å²) in [5.41, 5.74) is 1.05. The highest BCUT2D eigenvalue weighted by atomic mass is 16.3. The maximum absolute atomic E-state index is 13.0. The predicted molar refractivity (Wildman–Crippen MR) is 111 cm³/mol. The van der Waals surface area contributed by atoms with Crippen LogP contribution in [0.1, 0.15) is 26.0 Å². The topological polar surface area (TPSA) is 84.1 Å². The first-order chi connectivity index (χ1) is 14.0. The van der Waals surface area contributed by atoms with E-state index in [9.17, 15) is 9.59 Å². The van der Waals surface area contributed by atoms with Gasteiger partial charge in [-0.2, -0.15) is 5.10 Å². The van der Waals surface area contributed by atoms with Crippen LogP contribution in [0, 0.1) is 5.92 Å². The zero-order valence-corrected chi connectivity index (χ0v) is 16.6. The van der Waals surface area contributed by atoms with Crippen LogP contribution in [0.25, 0.3) is 21.8 Å². The van der Waals surface area contributed by atoms with Crippen molar-refractivity contribution in [3.05, 3.63) is 65.0 Å². The van der Waals surface area contributed by atoms with Gasteiger partial charge in [-0.3, -0.25) is 9.59 Å². The summed E-state index contributed by atoms with van der Waals surface area (Å²) in [5.74, 6) is 1.02. The van der Waals surface area contributed by atoms with Crippen LogP contribution in [0.5, 0.6) is 0 Å². The average Bonchev–Trinajstić information content (AvgIpc) is 3.35. The summed E-state index contributed by atoms with van der Waals surface area (Å²) >= 11 is 0. The van der Waals surface area contributed by atoms with E-state index in [1.807, 2.05) is 30.3 Å². The normalized spacial score (nSPS) is 11.6. The maximum atomic E-state index is 13.0. The van der Waals surface area contributed by atoms with Gasteiger partial charge in [0.05, 0.1) is 19.0 Å². The molecule has 150 valence electrons. The van der Waals surface area contributed by atoms with Crippen LogP contribution in [-0.2, 0) is 17.9 Å². The number of benzene rings is 1. The van der Waals surface area contributed by atoms with Gasteiger partial charge in [0, 0.05) is 22.8 Å². The second-order valence-corrected chi connectivity index (χ2v) is 7.64. The number of hydrogen-bond acceptors (Lipinski definition) is 4. The van der Waals surface area contributed by atoms with E-state index in [2.05, 4.69) is 23.9 Å². The largest absolute Gasteiger partial charge is 0.467 e. The Morgan fingerprint density at radius 2 is 2.03 bits per heavy atom. The number of nitrogens with zero attached hydrogens (tertiary/aromatic N) is 3. The summed E-state index contributed by atoms with van der Waals surface area (Å²) in [5, 5.41) is 5.97. The highest BCUT2D eigenvalue weighted by molar-refractivity contribution is 6.06. The van der Waals surface area contributed by atoms with Crippen LogP contribution in [-0.4, -0.2) is 32.1 Å². The standard InChI is InChI=1S/C22H24N4O3/c1-15(2)9-10-25(13-16-6-5-11-29-16)20(27)14-26-22(28)21-18(12-23-26)17-7-3-4-8-19(17)24-21/h3-8,11-12,15,24H,9-10,13-14H2,1-2H3. The molecular weight excluding hydrogens is 368 g/mol. The van der Waals surface area contributed by atoms with Crippen molar-refractivity contribution < 1.29 is 9.21 Å². The molecule has 0 bridgehead atoms. The van der Waals surface area contributed by atoms with E-state index in [4.69, 9.17) is 4.42 Å². The van der Waals surface area contributed by atoms with E-state index in [0.29, 0.717) is 30.3 Å². The first-order valence-corrected chi connectivity index (χ1v) is 9.79. The number of hydrogen-bond donors (Lipinski definition) is 1. The number of carbonyl (C=O) groups is 1. The van der Waals surface area contributed by atoms with Gasteiger partial charge in [0.2, 0.25) is 5.91 Å². The Bertz CT molecular complexity index is 1190. The van der Waals surface area contributed by atoms with Gasteiger partial charge >= 0.3 is 0 Å². The number of amides is 1. The van der Waals surface area contributed by atoms with E-state index in [-0.39, 0.29) is 18.0 Å². The molecular formula is C22H24N4O3. The Morgan fingerprint density at radius 1 is 1.21 bits per heavy atom. The van der Waals surface area contributed by atoms with Crippen molar-refractivity contribution >= 4 is 27.7 Å². The molecule has 1 N–H and O–H groups in total. The fourth-order valence-corrected chi connectivity index (χ4v) is 3.41. The van der Waals surface area contributed by atoms with Crippen molar-refractivity contribution in [2.24, 2.45) is 5.92 Å². The number of H-pyrrole nitrogens is 1. The molecule has 3 aromatic heterocycles. The molecule has 0 fully saturated rings. The molecule has 29 heavy (non-hydrogen) atoms. The van der Waals surface area contributed by atoms with Gasteiger partial charge in [0.15, 0.2) is 0 Å². The quantitative estimate of drug-likeness (QED) is 0.521. The summed E-state index contributed by atoms with van der Waals surface area (Å²) in [6.07, 6.45) is 4.11. The fraction of sp³-hybridized carbons (Fsp3) is 0.318. The predicted octanol–water partition coefficient (Wildman–Crippen LogP) is 3.55. The van der Waals surface area contributed by atoms with Crippen LogP contribution < -0.4 is 5.56 Å². The molecule has 4 aromatic rings. The molecule has 0 aliphatic heterocycles. The number of carbonyl (C=O) groups excluding carboxylic acids is 1. The Hall–Kier alpha value is -3.35. The molecule has 0 saturated carbocycles. The highest BCUT2D eigenvalue weighted by Crippen LogP contribution is 2.21. The third kappa shape index (κ3) is 3.94. The molecule has 0 radical (unpaired) electrons. The third-order valence-corrected chi connectivity index (χ3v) is 5.06. The van der Waals surface area contributed by atoms with Crippen molar-refractivity contribution in [1.29, 1.82) is 0 Å². The smallest absolute Gasteiger partial charge is 0.291 e. The van der Waals surface area contributed by atoms with Gasteiger partial charge in [0.25, 0.3) is 5.56 Å². The van der Waals surface area contributed by atoms with Crippen LogP contribution in [0.15, 0.2) is 58.1 Å². The van der Waals surface area contributed by atoms with Crippen molar-refractivity contribution in [3.8, 4) is 0 Å². The third-order valence-electron chi connectivity index (χ3n) is 5.06. The second-order valence-electron chi connectivity index (χ2n) is 7.64. The van der Waals surface area contributed by atoms with Crippen molar-refractivity contribution in [2.45, 2.75) is 33.4 Å². The summed E-state index contributed by atoms with van der Waals surface area (Å²) in [6, 6.07) is 11.3. The first kappa shape index (κ1) is 19.0. The lowest BCUT2D eigenvalue weighted by Gasteiger charge is -2.22. The molecule has 0 unspecified atom stereocenters. The van der Waals surface area contributed by atoms with E-state index in [1.165, 1.54) is 4.68 Å². The molecule has 4 rings (SSSR count). The van der Waals surface area contributed by atoms with Crippen molar-refractivity contribution in [3.63, 3.8) is 0 Å². The second kappa shape index (κ2) is 7.95. The van der Waals surface area contributed by atoms with Gasteiger partial charge in [0.1, 0.15) is 17.8 Å². The summed E-state index contributed by atoms with van der Waals surface area (Å²) in [4.78, 5) is 30.8. The van der Waals surface area contributed by atoms with Crippen LogP contribution >= 0.6 is 0 Å². The molecule has 0 atom stereocenters. The molecule has 7 nitrogen and oxygen atoms in total. The summed E-state index contributed by atoms with van der Waals surface area (Å²) in [6.45, 7) is 5.10. The van der Waals surface area contributed by atoms with E-state index in [0.717, 1.165) is 22.7 Å². The van der Waals surface area contributed by atoms with Crippen LogP contribution in [0.4, 0.5) is 0 Å². The molecule has 1 aromatic carbocycles. The molecule has 7 heteroatoms. The molecule has 0 saturated heterocycles. The minimum Gasteiger partial charge on any atom is -0.467 e. The Morgan fingerprint density at radius 3 is 2.79 bits per heavy atom. The Labute approximate surface area is 167 Å². The van der Waals surface area contributed by atoms with Gasteiger partial charge in [-0.1, -0.05) is 32.0 Å². The number of rotatable bonds is 7. The van der Waals surface area contributed by atoms with Crippen LogP contribution in [0.2, 0.25) is 0 Å². The lowest BCUT2D eigenvalue weighted by atomic mass is 10.1. The first-order valence-electron chi connectivity index (χ1n) is 9.79. The van der Waals surface area contributed by atoms with Gasteiger partial charge < -0.3 is 14.3 Å². The highest BCUT2D eigenvalue weighted by Gasteiger charge is 2.19. The fourth-order valence-electron chi connectivity index (χ4n) is 3.41. The van der Waals surface area contributed by atoms with Gasteiger partial charge in [-0.25, -0.2) is 4.68 Å². The summed E-state index contributed by atoms with van der Waals surface area (Å²) in [7, 11) is 0. The van der Waals surface area contributed by atoms with Gasteiger partial charge in [-0.05, 0) is 30.5 Å². The lowest BCUT2D eigenvalue weighted by Crippen LogP contribution is -2.38. The van der Waals surface area contributed by atoms with E-state index >= 15 is 0 Å². The number of furan rings is 1. The average molecular weight is 392 g/mol. The SMILES string of the molecule is CC(C)CCN(Cc1ccco1)C(=O)Cn1ncc2c([nH]c3ccccc32)c1=O. The molecule has 0 aliphatic carbocycles. The van der Waals surface area contributed by atoms with Crippen molar-refractivity contribution in [2.75, 3.05) is 6.54 Å². The zero-order valence-electron chi connectivity index (χ0n) is 16.6. The number of aromatic nitrogens is 3. The number of nitrogens with one attached hydrogen (secondary N) is 1. The number of para-hydroxylation sites is 1. The van der Waals surface area contributed by atoms with Crippen molar-refractivity contribution in [1.82, 2.24) is 19.7 Å². The molecule has 1 amide bonds. The molecule has 0 spiro atoms. The molecule has 0 aliphatic rings. The van der Waals surface area contributed by atoms with E-state index < -0.39 is 0 Å². The monoisotopic (exact) mass is 392 g/mol. The zero-order chi connectivity index (χ0) is 20.4. The minimum absolute atomic E-state index is 0.108. The number of aromatic amines is 1. The number of fused-ring (bicyclic) bond motifs is 3. The Balaban J connectivity index is 1.60. The minimum atomic E-state index is -0.297. The lowest BCUT2D eigenvalue weighted by molar-refractivity contribution is -0.133. The Kier molecular flexibility index (Phi) is 5.20.